The van der Waals surface area contributed by atoms with E-state index in [4.69, 9.17) is 11.6 Å². The Balaban J connectivity index is 2.03. The van der Waals surface area contributed by atoms with Gasteiger partial charge < -0.3 is 10.2 Å². The largest absolute Gasteiger partial charge is 0.341 e. The topological polar surface area (TPSA) is 32.3 Å². The highest BCUT2D eigenvalue weighted by atomic mass is 79.9. The molecule has 0 aromatic heterocycles. The van der Waals surface area contributed by atoms with E-state index in [0.717, 1.165) is 24.1 Å². The van der Waals surface area contributed by atoms with Crippen LogP contribution >= 0.6 is 27.5 Å². The van der Waals surface area contributed by atoms with Crippen LogP contribution in [0, 0.1) is 5.92 Å². The summed E-state index contributed by atoms with van der Waals surface area (Å²) in [5, 5.41) is 3.87. The Hall–Kier alpha value is -0.580. The van der Waals surface area contributed by atoms with Crippen molar-refractivity contribution in [1.29, 1.82) is 0 Å². The lowest BCUT2D eigenvalue weighted by molar-refractivity contribution is 0.0765. The van der Waals surface area contributed by atoms with Crippen LogP contribution < -0.4 is 5.32 Å². The molecule has 5 heteroatoms. The van der Waals surface area contributed by atoms with Gasteiger partial charge in [-0.1, -0.05) is 27.5 Å². The Labute approximate surface area is 127 Å². The summed E-state index contributed by atoms with van der Waals surface area (Å²) in [5.41, 5.74) is 0.558. The highest BCUT2D eigenvalue weighted by Gasteiger charge is 2.20. The van der Waals surface area contributed by atoms with Crippen LogP contribution in [-0.2, 0) is 0 Å². The van der Waals surface area contributed by atoms with Crippen molar-refractivity contribution in [3.05, 3.63) is 33.3 Å². The lowest BCUT2D eigenvalue weighted by Crippen LogP contribution is -2.39. The summed E-state index contributed by atoms with van der Waals surface area (Å²) in [6, 6.07) is 5.36. The summed E-state index contributed by atoms with van der Waals surface area (Å²) < 4.78 is 0.869. The Morgan fingerprint density at radius 1 is 1.58 bits per heavy atom. The quantitative estimate of drug-likeness (QED) is 0.912. The molecule has 1 heterocycles. The fourth-order valence-electron chi connectivity index (χ4n) is 2.42. The van der Waals surface area contributed by atoms with Crippen LogP contribution in [0.2, 0.25) is 5.02 Å². The molecular weight excluding hydrogens is 328 g/mol. The Morgan fingerprint density at radius 2 is 2.37 bits per heavy atom. The van der Waals surface area contributed by atoms with Crippen molar-refractivity contribution in [2.75, 3.05) is 26.7 Å². The lowest BCUT2D eigenvalue weighted by atomic mass is 9.99. The molecule has 1 amide bonds. The number of hydrogen-bond acceptors (Lipinski definition) is 2. The maximum Gasteiger partial charge on any atom is 0.255 e. The second-order valence-electron chi connectivity index (χ2n) is 5.02. The minimum atomic E-state index is -0.0168. The Kier molecular flexibility index (Phi) is 5.25. The number of rotatable bonds is 3. The van der Waals surface area contributed by atoms with Gasteiger partial charge in [-0.2, -0.15) is 0 Å². The molecule has 1 saturated heterocycles. The van der Waals surface area contributed by atoms with Gasteiger partial charge in [0.15, 0.2) is 0 Å². The number of nitrogens with one attached hydrogen (secondary N) is 1. The van der Waals surface area contributed by atoms with Crippen LogP contribution in [0.25, 0.3) is 0 Å². The van der Waals surface area contributed by atoms with Crippen molar-refractivity contribution in [1.82, 2.24) is 10.2 Å². The maximum atomic E-state index is 12.4. The fraction of sp³-hybridized carbons (Fsp3) is 0.500. The minimum Gasteiger partial charge on any atom is -0.341 e. The van der Waals surface area contributed by atoms with E-state index in [2.05, 4.69) is 21.2 Å². The van der Waals surface area contributed by atoms with Gasteiger partial charge in [0.2, 0.25) is 0 Å². The van der Waals surface area contributed by atoms with E-state index in [9.17, 15) is 4.79 Å². The molecule has 1 fully saturated rings. The molecule has 0 bridgehead atoms. The van der Waals surface area contributed by atoms with E-state index in [1.165, 1.54) is 12.8 Å². The smallest absolute Gasteiger partial charge is 0.255 e. The number of carbonyl (C=O) groups excluding carboxylic acids is 1. The first-order chi connectivity index (χ1) is 9.08. The monoisotopic (exact) mass is 344 g/mol. The zero-order valence-corrected chi connectivity index (χ0v) is 13.3. The molecule has 0 saturated carbocycles. The number of halogens is 2. The predicted octanol–water partition coefficient (Wildman–Crippen LogP) is 3.17. The third-order valence-corrected chi connectivity index (χ3v) is 4.26. The standard InChI is InChI=1S/C14H18BrClN2O/c1-18(9-10-3-2-6-17-8-10)14(19)12-7-11(15)4-5-13(12)16/h4-5,7,10,17H,2-3,6,8-9H2,1H3. The van der Waals surface area contributed by atoms with Crippen molar-refractivity contribution in [3.8, 4) is 0 Å². The molecule has 19 heavy (non-hydrogen) atoms. The van der Waals surface area contributed by atoms with Crippen LogP contribution in [0.1, 0.15) is 23.2 Å². The van der Waals surface area contributed by atoms with Crippen LogP contribution in [0.3, 0.4) is 0 Å². The highest BCUT2D eigenvalue weighted by molar-refractivity contribution is 9.10. The van der Waals surface area contributed by atoms with Crippen LogP contribution in [-0.4, -0.2) is 37.5 Å². The zero-order valence-electron chi connectivity index (χ0n) is 11.0. The molecule has 1 aliphatic heterocycles. The molecule has 0 aliphatic carbocycles. The highest BCUT2D eigenvalue weighted by Crippen LogP contribution is 2.23. The molecule has 1 aromatic rings. The molecule has 0 radical (unpaired) electrons. The normalized spacial score (nSPS) is 19.2. The number of amides is 1. The SMILES string of the molecule is CN(CC1CCCNC1)C(=O)c1cc(Br)ccc1Cl. The Bertz CT molecular complexity index is 461. The van der Waals surface area contributed by atoms with E-state index in [-0.39, 0.29) is 5.91 Å². The first-order valence-electron chi connectivity index (χ1n) is 6.49. The van der Waals surface area contributed by atoms with Gasteiger partial charge in [0.05, 0.1) is 10.6 Å². The van der Waals surface area contributed by atoms with Gasteiger partial charge in [-0.05, 0) is 50.0 Å². The first kappa shape index (κ1) is 14.8. The molecule has 104 valence electrons. The predicted molar refractivity (Wildman–Crippen MR) is 81.7 cm³/mol. The number of carbonyl (C=O) groups is 1. The second-order valence-corrected chi connectivity index (χ2v) is 6.35. The lowest BCUT2D eigenvalue weighted by Gasteiger charge is -2.28. The summed E-state index contributed by atoms with van der Waals surface area (Å²) in [7, 11) is 1.84. The average Bonchev–Trinajstić information content (AvgIpc) is 2.42. The molecule has 2 rings (SSSR count). The zero-order chi connectivity index (χ0) is 13.8. The van der Waals surface area contributed by atoms with E-state index in [0.29, 0.717) is 16.5 Å². The van der Waals surface area contributed by atoms with E-state index < -0.39 is 0 Å². The van der Waals surface area contributed by atoms with E-state index in [1.807, 2.05) is 13.1 Å². The minimum absolute atomic E-state index is 0.0168. The van der Waals surface area contributed by atoms with Gasteiger partial charge in [-0.3, -0.25) is 4.79 Å². The van der Waals surface area contributed by atoms with Crippen molar-refractivity contribution < 1.29 is 4.79 Å². The van der Waals surface area contributed by atoms with Gasteiger partial charge in [0, 0.05) is 18.1 Å². The molecule has 1 aromatic carbocycles. The van der Waals surface area contributed by atoms with Crippen LogP contribution in [0.5, 0.6) is 0 Å². The van der Waals surface area contributed by atoms with Gasteiger partial charge in [-0.25, -0.2) is 0 Å². The molecule has 1 atom stereocenters. The molecule has 1 unspecified atom stereocenters. The van der Waals surface area contributed by atoms with E-state index >= 15 is 0 Å². The van der Waals surface area contributed by atoms with Crippen molar-refractivity contribution >= 4 is 33.4 Å². The van der Waals surface area contributed by atoms with Crippen molar-refractivity contribution in [2.45, 2.75) is 12.8 Å². The number of benzene rings is 1. The molecular formula is C14H18BrClN2O. The summed E-state index contributed by atoms with van der Waals surface area (Å²) in [4.78, 5) is 14.2. The van der Waals surface area contributed by atoms with Gasteiger partial charge >= 0.3 is 0 Å². The summed E-state index contributed by atoms with van der Waals surface area (Å²) >= 11 is 9.47. The van der Waals surface area contributed by atoms with Crippen LogP contribution in [0.4, 0.5) is 0 Å². The van der Waals surface area contributed by atoms with Gasteiger partial charge in [0.1, 0.15) is 0 Å². The average molecular weight is 346 g/mol. The third kappa shape index (κ3) is 3.94. The van der Waals surface area contributed by atoms with Crippen LogP contribution in [0.15, 0.2) is 22.7 Å². The van der Waals surface area contributed by atoms with Gasteiger partial charge in [0.25, 0.3) is 5.91 Å². The Morgan fingerprint density at radius 3 is 3.05 bits per heavy atom. The molecule has 1 aliphatic rings. The molecule has 3 nitrogen and oxygen atoms in total. The summed E-state index contributed by atoms with van der Waals surface area (Å²) in [6.45, 7) is 2.85. The summed E-state index contributed by atoms with van der Waals surface area (Å²) in [6.07, 6.45) is 2.36. The number of hydrogen-bond donors (Lipinski definition) is 1. The fourth-order valence-corrected chi connectivity index (χ4v) is 2.98. The first-order valence-corrected chi connectivity index (χ1v) is 7.66. The second kappa shape index (κ2) is 6.73. The van der Waals surface area contributed by atoms with Gasteiger partial charge in [-0.15, -0.1) is 0 Å². The number of piperidine rings is 1. The number of nitrogens with zero attached hydrogens (tertiary/aromatic N) is 1. The summed E-state index contributed by atoms with van der Waals surface area (Å²) in [5.74, 6) is 0.519. The molecule has 1 N–H and O–H groups in total. The van der Waals surface area contributed by atoms with Crippen molar-refractivity contribution in [3.63, 3.8) is 0 Å². The van der Waals surface area contributed by atoms with E-state index in [1.54, 1.807) is 17.0 Å². The van der Waals surface area contributed by atoms with Crippen molar-refractivity contribution in [2.24, 2.45) is 5.92 Å². The maximum absolute atomic E-state index is 12.4. The molecule has 0 spiro atoms. The third-order valence-electron chi connectivity index (χ3n) is 3.44.